The van der Waals surface area contributed by atoms with Crippen molar-refractivity contribution < 1.29 is 4.79 Å². The van der Waals surface area contributed by atoms with Gasteiger partial charge in [0, 0.05) is 55.5 Å². The first kappa shape index (κ1) is 17.5. The van der Waals surface area contributed by atoms with Gasteiger partial charge in [-0.1, -0.05) is 0 Å². The van der Waals surface area contributed by atoms with Crippen LogP contribution in [0.3, 0.4) is 0 Å². The van der Waals surface area contributed by atoms with Gasteiger partial charge in [0.1, 0.15) is 11.4 Å². The molecular weight excluding hydrogens is 340 g/mol. The lowest BCUT2D eigenvalue weighted by molar-refractivity contribution is 0.0933. The molecule has 0 bridgehead atoms. The van der Waals surface area contributed by atoms with Gasteiger partial charge in [-0.05, 0) is 44.7 Å². The maximum absolute atomic E-state index is 12.6. The van der Waals surface area contributed by atoms with Gasteiger partial charge in [0.05, 0.1) is 0 Å². The Morgan fingerprint density at radius 3 is 2.59 bits per heavy atom. The first-order valence-corrected chi connectivity index (χ1v) is 9.33. The third kappa shape index (κ3) is 3.77. The number of amides is 1. The minimum atomic E-state index is -0.0377. The summed E-state index contributed by atoms with van der Waals surface area (Å²) in [6.45, 7) is 4.82. The Hall–Kier alpha value is -2.96. The molecule has 3 aromatic heterocycles. The van der Waals surface area contributed by atoms with Crippen molar-refractivity contribution in [1.82, 2.24) is 29.6 Å². The summed E-state index contributed by atoms with van der Waals surface area (Å²) in [4.78, 5) is 21.6. The molecule has 0 saturated heterocycles. The van der Waals surface area contributed by atoms with Crippen LogP contribution in [-0.2, 0) is 13.6 Å². The van der Waals surface area contributed by atoms with Crippen LogP contribution in [0.2, 0.25) is 0 Å². The molecule has 1 saturated carbocycles. The maximum atomic E-state index is 12.6. The van der Waals surface area contributed by atoms with Gasteiger partial charge < -0.3 is 9.88 Å². The monoisotopic (exact) mass is 364 g/mol. The molecule has 0 spiro atoms. The summed E-state index contributed by atoms with van der Waals surface area (Å²) in [5.41, 5.74) is 3.42. The van der Waals surface area contributed by atoms with E-state index >= 15 is 0 Å². The Bertz CT molecular complexity index is 949. The predicted molar refractivity (Wildman–Crippen MR) is 103 cm³/mol. The Balaban J connectivity index is 1.63. The molecule has 140 valence electrons. The second-order valence-corrected chi connectivity index (χ2v) is 7.47. The van der Waals surface area contributed by atoms with Crippen LogP contribution in [0, 0.1) is 5.92 Å². The van der Waals surface area contributed by atoms with E-state index in [9.17, 15) is 4.79 Å². The number of aryl methyl sites for hydroxylation is 1. The highest BCUT2D eigenvalue weighted by molar-refractivity contribution is 5.94. The van der Waals surface area contributed by atoms with Gasteiger partial charge >= 0.3 is 0 Å². The molecule has 1 aliphatic carbocycles. The standard InChI is InChI=1S/C20H24N6O/c1-13(2)24-20(27)18-8-15(12-26(18)11-14-4-5-14)16-9-21-19(22-10-16)17-6-7-23-25(17)3/h6-10,12-14H,4-5,11H2,1-3H3,(H,24,27). The molecule has 27 heavy (non-hydrogen) atoms. The summed E-state index contributed by atoms with van der Waals surface area (Å²) < 4.78 is 3.81. The lowest BCUT2D eigenvalue weighted by atomic mass is 10.2. The van der Waals surface area contributed by atoms with Crippen molar-refractivity contribution in [3.05, 3.63) is 42.6 Å². The molecule has 0 unspecified atom stereocenters. The summed E-state index contributed by atoms with van der Waals surface area (Å²) in [5.74, 6) is 1.28. The number of aromatic nitrogens is 5. The Morgan fingerprint density at radius 1 is 1.26 bits per heavy atom. The number of carbonyl (C=O) groups is 1. The predicted octanol–water partition coefficient (Wildman–Crippen LogP) is 2.89. The molecule has 1 fully saturated rings. The van der Waals surface area contributed by atoms with Crippen LogP contribution in [0.5, 0.6) is 0 Å². The van der Waals surface area contributed by atoms with E-state index in [-0.39, 0.29) is 11.9 Å². The van der Waals surface area contributed by atoms with Crippen molar-refractivity contribution in [3.63, 3.8) is 0 Å². The van der Waals surface area contributed by atoms with Crippen LogP contribution in [0.1, 0.15) is 37.2 Å². The molecule has 7 heteroatoms. The van der Waals surface area contributed by atoms with Gasteiger partial charge in [0.2, 0.25) is 0 Å². The van der Waals surface area contributed by atoms with Crippen LogP contribution in [0.25, 0.3) is 22.6 Å². The van der Waals surface area contributed by atoms with E-state index in [0.717, 1.165) is 23.4 Å². The fraction of sp³-hybridized carbons (Fsp3) is 0.400. The summed E-state index contributed by atoms with van der Waals surface area (Å²) in [6.07, 6.45) is 9.84. The highest BCUT2D eigenvalue weighted by Gasteiger charge is 2.25. The topological polar surface area (TPSA) is 77.6 Å². The van der Waals surface area contributed by atoms with Gasteiger partial charge in [-0.25, -0.2) is 9.97 Å². The molecule has 7 nitrogen and oxygen atoms in total. The average Bonchev–Trinajstić information content (AvgIpc) is 3.18. The summed E-state index contributed by atoms with van der Waals surface area (Å²) >= 11 is 0. The van der Waals surface area contributed by atoms with Crippen LogP contribution in [-0.4, -0.2) is 36.3 Å². The third-order valence-electron chi connectivity index (χ3n) is 4.74. The Kier molecular flexibility index (Phi) is 4.51. The number of hydrogen-bond acceptors (Lipinski definition) is 4. The summed E-state index contributed by atoms with van der Waals surface area (Å²) in [6, 6.07) is 3.92. The fourth-order valence-corrected chi connectivity index (χ4v) is 3.13. The van der Waals surface area contributed by atoms with E-state index in [1.54, 1.807) is 23.3 Å². The van der Waals surface area contributed by atoms with E-state index in [1.165, 1.54) is 12.8 Å². The molecular formula is C20H24N6O. The first-order valence-electron chi connectivity index (χ1n) is 9.33. The van der Waals surface area contributed by atoms with Gasteiger partial charge in [-0.3, -0.25) is 9.48 Å². The van der Waals surface area contributed by atoms with Crippen molar-refractivity contribution in [3.8, 4) is 22.6 Å². The van der Waals surface area contributed by atoms with Crippen molar-refractivity contribution in [1.29, 1.82) is 0 Å². The molecule has 1 aliphatic rings. The largest absolute Gasteiger partial charge is 0.349 e. The van der Waals surface area contributed by atoms with Crippen LogP contribution in [0.15, 0.2) is 36.9 Å². The summed E-state index contributed by atoms with van der Waals surface area (Å²) in [7, 11) is 1.87. The summed E-state index contributed by atoms with van der Waals surface area (Å²) in [5, 5.41) is 7.14. The van der Waals surface area contributed by atoms with Crippen molar-refractivity contribution in [2.45, 2.75) is 39.3 Å². The zero-order valence-corrected chi connectivity index (χ0v) is 15.9. The fourth-order valence-electron chi connectivity index (χ4n) is 3.13. The number of nitrogens with one attached hydrogen (secondary N) is 1. The smallest absolute Gasteiger partial charge is 0.268 e. The molecule has 0 atom stereocenters. The highest BCUT2D eigenvalue weighted by atomic mass is 16.2. The van der Waals surface area contributed by atoms with Crippen molar-refractivity contribution >= 4 is 5.91 Å². The van der Waals surface area contributed by atoms with Gasteiger partial charge in [-0.2, -0.15) is 5.10 Å². The quantitative estimate of drug-likeness (QED) is 0.729. The third-order valence-corrected chi connectivity index (χ3v) is 4.74. The van der Waals surface area contributed by atoms with E-state index in [0.29, 0.717) is 17.4 Å². The molecule has 0 aromatic carbocycles. The van der Waals surface area contributed by atoms with Crippen LogP contribution in [0.4, 0.5) is 0 Å². The highest BCUT2D eigenvalue weighted by Crippen LogP contribution is 2.32. The number of carbonyl (C=O) groups excluding carboxylic acids is 1. The Labute approximate surface area is 158 Å². The van der Waals surface area contributed by atoms with E-state index < -0.39 is 0 Å². The van der Waals surface area contributed by atoms with Gasteiger partial charge in [-0.15, -0.1) is 0 Å². The molecule has 1 amide bonds. The second kappa shape index (κ2) is 6.98. The number of hydrogen-bond donors (Lipinski definition) is 1. The second-order valence-electron chi connectivity index (χ2n) is 7.47. The van der Waals surface area contributed by atoms with E-state index in [1.807, 2.05) is 39.2 Å². The molecule has 0 radical (unpaired) electrons. The zero-order valence-electron chi connectivity index (χ0n) is 15.9. The average molecular weight is 364 g/mol. The minimum absolute atomic E-state index is 0.0377. The molecule has 0 aliphatic heterocycles. The number of nitrogens with zero attached hydrogens (tertiary/aromatic N) is 5. The van der Waals surface area contributed by atoms with Gasteiger partial charge in [0.25, 0.3) is 5.91 Å². The van der Waals surface area contributed by atoms with Gasteiger partial charge in [0.15, 0.2) is 5.82 Å². The molecule has 3 aromatic rings. The van der Waals surface area contributed by atoms with Crippen LogP contribution >= 0.6 is 0 Å². The van der Waals surface area contributed by atoms with E-state index in [2.05, 4.69) is 25.0 Å². The first-order chi connectivity index (χ1) is 13.0. The SMILES string of the molecule is CC(C)NC(=O)c1cc(-c2cnc(-c3ccnn3C)nc2)cn1CC1CC1. The maximum Gasteiger partial charge on any atom is 0.268 e. The molecule has 3 heterocycles. The molecule has 4 rings (SSSR count). The minimum Gasteiger partial charge on any atom is -0.349 e. The Morgan fingerprint density at radius 2 is 2.00 bits per heavy atom. The lowest BCUT2D eigenvalue weighted by Gasteiger charge is -2.11. The van der Waals surface area contributed by atoms with Crippen molar-refractivity contribution in [2.75, 3.05) is 0 Å². The van der Waals surface area contributed by atoms with Crippen molar-refractivity contribution in [2.24, 2.45) is 13.0 Å². The van der Waals surface area contributed by atoms with E-state index in [4.69, 9.17) is 0 Å². The zero-order chi connectivity index (χ0) is 19.0. The normalized spacial score (nSPS) is 13.9. The lowest BCUT2D eigenvalue weighted by Crippen LogP contribution is -2.31. The molecule has 1 N–H and O–H groups in total. The van der Waals surface area contributed by atoms with Crippen LogP contribution < -0.4 is 5.32 Å². The number of rotatable bonds is 6.